The molecule has 2 aromatic carbocycles. The van der Waals surface area contributed by atoms with Gasteiger partial charge in [-0.15, -0.1) is 0 Å². The smallest absolute Gasteiger partial charge is 0.239 e. The number of aromatic hydroxyl groups is 2. The molecule has 15 nitrogen and oxygen atoms in total. The van der Waals surface area contributed by atoms with Gasteiger partial charge >= 0.3 is 0 Å². The minimum absolute atomic E-state index is 0.111. The Morgan fingerprint density at radius 2 is 1.51 bits per heavy atom. The predicted octanol–water partition coefficient (Wildman–Crippen LogP) is -2.13. The van der Waals surface area contributed by atoms with E-state index >= 15 is 0 Å². The van der Waals surface area contributed by atoms with Crippen molar-refractivity contribution in [1.29, 1.82) is 0 Å². The third-order valence-corrected chi connectivity index (χ3v) is 6.82. The molecule has 41 heavy (non-hydrogen) atoms. The third-order valence-electron chi connectivity index (χ3n) is 6.82. The maximum absolute atomic E-state index is 13.7. The first-order valence-corrected chi connectivity index (χ1v) is 12.4. The summed E-state index contributed by atoms with van der Waals surface area (Å²) in [6, 6.07) is 7.51. The molecule has 3 aromatic rings. The normalized spacial score (nSPS) is 32.1. The highest BCUT2D eigenvalue weighted by molar-refractivity contribution is 5.88. The molecule has 15 heteroatoms. The highest BCUT2D eigenvalue weighted by atomic mass is 16.7. The Morgan fingerprint density at radius 3 is 2.20 bits per heavy atom. The van der Waals surface area contributed by atoms with Gasteiger partial charge in [-0.05, 0) is 24.3 Å². The van der Waals surface area contributed by atoms with E-state index < -0.39 is 84.2 Å². The van der Waals surface area contributed by atoms with Crippen molar-refractivity contribution in [2.45, 2.75) is 55.3 Å². The number of phenolic OH excluding ortho intramolecular Hbond substituents is 2. The highest BCUT2D eigenvalue weighted by Gasteiger charge is 2.45. The zero-order valence-electron chi connectivity index (χ0n) is 21.0. The number of hydrogen-bond acceptors (Lipinski definition) is 15. The summed E-state index contributed by atoms with van der Waals surface area (Å²) in [5, 5.41) is 90.0. The zero-order chi connectivity index (χ0) is 29.6. The molecular formula is C26H28O15. The molecule has 2 aliphatic rings. The van der Waals surface area contributed by atoms with Gasteiger partial charge in [0.2, 0.25) is 23.8 Å². The van der Waals surface area contributed by atoms with Crippen LogP contribution in [0.3, 0.4) is 0 Å². The number of ether oxygens (including phenoxy) is 4. The lowest BCUT2D eigenvalue weighted by molar-refractivity contribution is -0.277. The summed E-state index contributed by atoms with van der Waals surface area (Å²) in [6.07, 6.45) is -14.5. The van der Waals surface area contributed by atoms with Crippen LogP contribution in [-0.2, 0) is 9.47 Å². The maximum Gasteiger partial charge on any atom is 0.239 e. The summed E-state index contributed by atoms with van der Waals surface area (Å²) in [5.74, 6) is -1.76. The first-order valence-electron chi connectivity index (χ1n) is 12.4. The van der Waals surface area contributed by atoms with E-state index in [-0.39, 0.29) is 35.0 Å². The molecule has 0 radical (unpaired) electrons. The van der Waals surface area contributed by atoms with Crippen LogP contribution in [0.4, 0.5) is 0 Å². The van der Waals surface area contributed by atoms with Gasteiger partial charge in [-0.2, -0.15) is 0 Å². The summed E-state index contributed by atoms with van der Waals surface area (Å²) in [6.45, 7) is -1.10. The third kappa shape index (κ3) is 5.42. The van der Waals surface area contributed by atoms with Crippen LogP contribution in [0, 0.1) is 0 Å². The minimum atomic E-state index is -1.87. The van der Waals surface area contributed by atoms with E-state index in [0.717, 1.165) is 6.07 Å². The van der Waals surface area contributed by atoms with Gasteiger partial charge in [0.05, 0.1) is 13.2 Å². The van der Waals surface area contributed by atoms with Crippen LogP contribution in [-0.4, -0.2) is 114 Å². The SMILES string of the molecule is O=c1c(O[C@H]2O[C@H](CO)[C@@H](O)[C@@H](O)[C@H]2O)c(-c2ccc(O)cc2)oc2cc(O[C@H]3OC[C@@H](O)[C@@H](O)[C@H]3O)cc(O)c12. The monoisotopic (exact) mass is 580 g/mol. The molecule has 9 atom stereocenters. The van der Waals surface area contributed by atoms with Crippen molar-refractivity contribution in [1.82, 2.24) is 0 Å². The number of aliphatic hydroxyl groups is 7. The molecular weight excluding hydrogens is 552 g/mol. The molecule has 2 saturated heterocycles. The second kappa shape index (κ2) is 11.4. The molecule has 2 fully saturated rings. The van der Waals surface area contributed by atoms with Crippen LogP contribution in [0.2, 0.25) is 0 Å². The lowest BCUT2D eigenvalue weighted by atomic mass is 9.99. The number of hydrogen-bond donors (Lipinski definition) is 9. The fraction of sp³-hybridized carbons (Fsp3) is 0.423. The van der Waals surface area contributed by atoms with Crippen molar-refractivity contribution in [2.75, 3.05) is 13.2 Å². The highest BCUT2D eigenvalue weighted by Crippen LogP contribution is 2.38. The Balaban J connectivity index is 1.58. The number of aliphatic hydroxyl groups excluding tert-OH is 7. The van der Waals surface area contributed by atoms with Crippen molar-refractivity contribution >= 4 is 11.0 Å². The van der Waals surface area contributed by atoms with E-state index in [9.17, 15) is 50.8 Å². The van der Waals surface area contributed by atoms with Crippen LogP contribution in [0.5, 0.6) is 23.0 Å². The van der Waals surface area contributed by atoms with Gasteiger partial charge < -0.3 is 69.3 Å². The van der Waals surface area contributed by atoms with Crippen molar-refractivity contribution in [3.63, 3.8) is 0 Å². The summed E-state index contributed by atoms with van der Waals surface area (Å²) in [5.41, 5.74) is -1.00. The minimum Gasteiger partial charge on any atom is -0.508 e. The van der Waals surface area contributed by atoms with E-state index in [4.69, 9.17) is 23.4 Å². The van der Waals surface area contributed by atoms with Crippen LogP contribution in [0.15, 0.2) is 45.6 Å². The van der Waals surface area contributed by atoms with Gasteiger partial charge in [0.15, 0.2) is 5.76 Å². The van der Waals surface area contributed by atoms with Gasteiger partial charge in [0.25, 0.3) is 0 Å². The van der Waals surface area contributed by atoms with Gasteiger partial charge in [0, 0.05) is 17.7 Å². The van der Waals surface area contributed by atoms with E-state index in [1.165, 1.54) is 30.3 Å². The maximum atomic E-state index is 13.7. The Labute approximate surface area is 230 Å². The fourth-order valence-electron chi connectivity index (χ4n) is 4.53. The quantitative estimate of drug-likeness (QED) is 0.151. The molecule has 2 aliphatic heterocycles. The molecule has 0 bridgehead atoms. The van der Waals surface area contributed by atoms with Crippen LogP contribution >= 0.6 is 0 Å². The second-order valence-corrected chi connectivity index (χ2v) is 9.64. The van der Waals surface area contributed by atoms with Gasteiger partial charge in [-0.25, -0.2) is 0 Å². The molecule has 0 spiro atoms. The Morgan fingerprint density at radius 1 is 0.829 bits per heavy atom. The number of fused-ring (bicyclic) bond motifs is 1. The largest absolute Gasteiger partial charge is 0.508 e. The van der Waals surface area contributed by atoms with Crippen LogP contribution in [0.25, 0.3) is 22.3 Å². The lowest BCUT2D eigenvalue weighted by Gasteiger charge is -2.39. The lowest BCUT2D eigenvalue weighted by Crippen LogP contribution is -2.60. The first kappa shape index (κ1) is 29.0. The van der Waals surface area contributed by atoms with Crippen molar-refractivity contribution in [3.8, 4) is 34.3 Å². The number of phenols is 2. The fourth-order valence-corrected chi connectivity index (χ4v) is 4.53. The number of rotatable bonds is 6. The Bertz CT molecular complexity index is 1440. The molecule has 3 heterocycles. The average molecular weight is 580 g/mol. The number of benzene rings is 2. The van der Waals surface area contributed by atoms with E-state index in [1.807, 2.05) is 0 Å². The molecule has 222 valence electrons. The molecule has 9 N–H and O–H groups in total. The molecule has 1 aromatic heterocycles. The second-order valence-electron chi connectivity index (χ2n) is 9.64. The molecule has 0 aliphatic carbocycles. The van der Waals surface area contributed by atoms with E-state index in [0.29, 0.717) is 0 Å². The topological polar surface area (TPSA) is 249 Å². The molecule has 0 saturated carbocycles. The van der Waals surface area contributed by atoms with Crippen molar-refractivity contribution in [2.24, 2.45) is 0 Å². The standard InChI is InChI=1S/C26H28O15/c27-7-15-18(32)20(34)22(36)26(40-15)41-24-19(33)16-12(29)5-11(38-25-21(35)17(31)13(30)8-37-25)6-14(16)39-23(24)9-1-3-10(28)4-2-9/h1-6,13,15,17-18,20-22,25-32,34-36H,7-8H2/t13-,15-,17-,18-,20-,21-,22-,25-,26-/m1/s1. The molecule has 0 amide bonds. The van der Waals surface area contributed by atoms with Gasteiger partial charge in [-0.1, -0.05) is 0 Å². The molecule has 0 unspecified atom stereocenters. The summed E-state index contributed by atoms with van der Waals surface area (Å²) in [7, 11) is 0. The van der Waals surface area contributed by atoms with Crippen molar-refractivity contribution in [3.05, 3.63) is 46.6 Å². The van der Waals surface area contributed by atoms with Crippen molar-refractivity contribution < 1.29 is 69.3 Å². The summed E-state index contributed by atoms with van der Waals surface area (Å²) in [4.78, 5) is 13.7. The zero-order valence-corrected chi connectivity index (χ0v) is 21.0. The summed E-state index contributed by atoms with van der Waals surface area (Å²) >= 11 is 0. The van der Waals surface area contributed by atoms with E-state index in [1.54, 1.807) is 0 Å². The summed E-state index contributed by atoms with van der Waals surface area (Å²) < 4.78 is 27.7. The van der Waals surface area contributed by atoms with E-state index in [2.05, 4.69) is 0 Å². The Hall–Kier alpha value is -3.51. The molecule has 5 rings (SSSR count). The van der Waals surface area contributed by atoms with Gasteiger partial charge in [0.1, 0.15) is 70.9 Å². The average Bonchev–Trinajstić information content (AvgIpc) is 2.95. The predicted molar refractivity (Wildman–Crippen MR) is 134 cm³/mol. The van der Waals surface area contributed by atoms with Crippen LogP contribution in [0.1, 0.15) is 0 Å². The van der Waals surface area contributed by atoms with Gasteiger partial charge in [-0.3, -0.25) is 4.79 Å². The Kier molecular flexibility index (Phi) is 8.06. The first-order chi connectivity index (χ1) is 19.5. The van der Waals surface area contributed by atoms with Crippen LogP contribution < -0.4 is 14.9 Å².